The molecule has 1 aromatic carbocycles. The summed E-state index contributed by atoms with van der Waals surface area (Å²) in [7, 11) is 0. The van der Waals surface area contributed by atoms with E-state index in [4.69, 9.17) is 4.74 Å². The van der Waals surface area contributed by atoms with Crippen molar-refractivity contribution in [2.24, 2.45) is 0 Å². The van der Waals surface area contributed by atoms with Gasteiger partial charge < -0.3 is 10.1 Å². The van der Waals surface area contributed by atoms with Gasteiger partial charge in [-0.3, -0.25) is 0 Å². The van der Waals surface area contributed by atoms with Gasteiger partial charge in [0.15, 0.2) is 0 Å². The van der Waals surface area contributed by atoms with Crippen LogP contribution in [0.2, 0.25) is 0 Å². The second kappa shape index (κ2) is 7.51. The lowest BCUT2D eigenvalue weighted by Gasteiger charge is -2.17. The fourth-order valence-electron chi connectivity index (χ4n) is 1.94. The molecule has 0 saturated heterocycles. The molecule has 0 aliphatic heterocycles. The molecule has 0 bridgehead atoms. The summed E-state index contributed by atoms with van der Waals surface area (Å²) in [6.45, 7) is 5.56. The molecule has 0 amide bonds. The van der Waals surface area contributed by atoms with Gasteiger partial charge in [0.1, 0.15) is 5.56 Å². The number of rotatable bonds is 6. The molecule has 7 heteroatoms. The highest BCUT2D eigenvalue weighted by Gasteiger charge is 2.36. The first-order valence-electron chi connectivity index (χ1n) is 7.80. The van der Waals surface area contributed by atoms with Crippen LogP contribution in [0, 0.1) is 0 Å². The molecule has 0 saturated carbocycles. The van der Waals surface area contributed by atoms with Crippen molar-refractivity contribution < 1.29 is 17.9 Å². The highest BCUT2D eigenvalue weighted by molar-refractivity contribution is 5.54. The topological polar surface area (TPSA) is 47.0 Å². The molecular weight excluding hydrogens is 319 g/mol. The van der Waals surface area contributed by atoms with E-state index in [1.807, 2.05) is 38.1 Å². The summed E-state index contributed by atoms with van der Waals surface area (Å²) in [6, 6.07) is 7.52. The van der Waals surface area contributed by atoms with Crippen LogP contribution in [0.4, 0.5) is 24.8 Å². The average Bonchev–Trinajstić information content (AvgIpc) is 2.54. The van der Waals surface area contributed by atoms with Crippen LogP contribution in [-0.2, 0) is 12.6 Å². The van der Waals surface area contributed by atoms with Crippen molar-refractivity contribution in [3.05, 3.63) is 41.6 Å². The first-order chi connectivity index (χ1) is 11.3. The second-order valence-electron chi connectivity index (χ2n) is 5.42. The fourth-order valence-corrected chi connectivity index (χ4v) is 1.94. The summed E-state index contributed by atoms with van der Waals surface area (Å²) in [6.07, 6.45) is -2.72. The molecule has 1 heterocycles. The number of nitrogens with zero attached hydrogens (tertiary/aromatic N) is 2. The molecule has 24 heavy (non-hydrogen) atoms. The number of aryl methyl sites for hydroxylation is 1. The van der Waals surface area contributed by atoms with Crippen molar-refractivity contribution in [3.8, 4) is 5.88 Å². The Kier molecular flexibility index (Phi) is 5.64. The Bertz CT molecular complexity index is 672. The second-order valence-corrected chi connectivity index (χ2v) is 5.42. The monoisotopic (exact) mass is 339 g/mol. The Hall–Kier alpha value is -2.31. The van der Waals surface area contributed by atoms with Crippen molar-refractivity contribution in [1.29, 1.82) is 0 Å². The minimum atomic E-state index is -4.57. The van der Waals surface area contributed by atoms with Crippen molar-refractivity contribution in [1.82, 2.24) is 9.97 Å². The van der Waals surface area contributed by atoms with E-state index >= 15 is 0 Å². The van der Waals surface area contributed by atoms with E-state index in [2.05, 4.69) is 15.3 Å². The van der Waals surface area contributed by atoms with E-state index in [9.17, 15) is 13.2 Å². The van der Waals surface area contributed by atoms with E-state index in [0.29, 0.717) is 12.1 Å². The van der Waals surface area contributed by atoms with Gasteiger partial charge in [0.2, 0.25) is 11.8 Å². The first-order valence-corrected chi connectivity index (χ1v) is 7.80. The number of ether oxygens (including phenoxy) is 1. The number of hydrogen-bond acceptors (Lipinski definition) is 4. The zero-order valence-corrected chi connectivity index (χ0v) is 13.8. The lowest BCUT2D eigenvalue weighted by molar-refractivity contribution is -0.139. The SMILES string of the molecule is CCc1ccc(Nc2ncc(C(F)(F)F)c(OC(C)CC)n2)cc1. The number of halogens is 3. The van der Waals surface area contributed by atoms with Crippen LogP contribution in [0.3, 0.4) is 0 Å². The Morgan fingerprint density at radius 3 is 2.38 bits per heavy atom. The quantitative estimate of drug-likeness (QED) is 0.806. The summed E-state index contributed by atoms with van der Waals surface area (Å²) in [5.41, 5.74) is 0.880. The van der Waals surface area contributed by atoms with Crippen LogP contribution >= 0.6 is 0 Å². The van der Waals surface area contributed by atoms with Crippen LogP contribution in [0.25, 0.3) is 0 Å². The number of alkyl halides is 3. The van der Waals surface area contributed by atoms with Gasteiger partial charge in [-0.1, -0.05) is 26.0 Å². The summed E-state index contributed by atoms with van der Waals surface area (Å²) in [5, 5.41) is 2.90. The van der Waals surface area contributed by atoms with E-state index in [-0.39, 0.29) is 12.1 Å². The molecule has 2 aromatic rings. The van der Waals surface area contributed by atoms with Gasteiger partial charge >= 0.3 is 6.18 Å². The lowest BCUT2D eigenvalue weighted by Crippen LogP contribution is -2.17. The molecule has 0 aliphatic carbocycles. The molecule has 0 spiro atoms. The number of aromatic nitrogens is 2. The maximum atomic E-state index is 13.1. The minimum Gasteiger partial charge on any atom is -0.474 e. The molecule has 0 aliphatic rings. The largest absolute Gasteiger partial charge is 0.474 e. The van der Waals surface area contributed by atoms with Crippen molar-refractivity contribution in [2.45, 2.75) is 45.9 Å². The standard InChI is InChI=1S/C17H20F3N3O/c1-4-11(3)24-15-14(17(18,19)20)10-21-16(23-15)22-13-8-6-12(5-2)7-9-13/h6-11H,4-5H2,1-3H3,(H,21,22,23). The third-order valence-electron chi connectivity index (χ3n) is 3.57. The van der Waals surface area contributed by atoms with Gasteiger partial charge in [0.05, 0.1) is 6.10 Å². The van der Waals surface area contributed by atoms with Gasteiger partial charge in [0, 0.05) is 11.9 Å². The van der Waals surface area contributed by atoms with Crippen LogP contribution < -0.4 is 10.1 Å². The van der Waals surface area contributed by atoms with Crippen LogP contribution in [0.5, 0.6) is 5.88 Å². The summed E-state index contributed by atoms with van der Waals surface area (Å²) in [5.74, 6) is -0.398. The number of benzene rings is 1. The maximum Gasteiger partial charge on any atom is 0.423 e. The van der Waals surface area contributed by atoms with Crippen molar-refractivity contribution in [3.63, 3.8) is 0 Å². The molecule has 1 atom stereocenters. The van der Waals surface area contributed by atoms with Gasteiger partial charge in [-0.05, 0) is 37.5 Å². The first kappa shape index (κ1) is 18.0. The van der Waals surface area contributed by atoms with Gasteiger partial charge in [-0.2, -0.15) is 18.2 Å². The predicted octanol–water partition coefficient (Wildman–Crippen LogP) is 4.98. The summed E-state index contributed by atoms with van der Waals surface area (Å²) in [4.78, 5) is 7.66. The molecule has 0 fully saturated rings. The molecule has 130 valence electrons. The molecule has 1 unspecified atom stereocenters. The lowest BCUT2D eigenvalue weighted by atomic mass is 10.1. The summed E-state index contributed by atoms with van der Waals surface area (Å²) < 4.78 is 44.5. The number of anilines is 2. The normalized spacial score (nSPS) is 12.8. The zero-order valence-electron chi connectivity index (χ0n) is 13.8. The molecule has 1 N–H and O–H groups in total. The van der Waals surface area contributed by atoms with Gasteiger partial charge in [-0.15, -0.1) is 0 Å². The smallest absolute Gasteiger partial charge is 0.423 e. The highest BCUT2D eigenvalue weighted by Crippen LogP contribution is 2.35. The Morgan fingerprint density at radius 2 is 1.83 bits per heavy atom. The average molecular weight is 339 g/mol. The Balaban J connectivity index is 2.28. The van der Waals surface area contributed by atoms with Crippen LogP contribution in [0.15, 0.2) is 30.5 Å². The number of hydrogen-bond donors (Lipinski definition) is 1. The van der Waals surface area contributed by atoms with E-state index in [1.54, 1.807) is 6.92 Å². The zero-order chi connectivity index (χ0) is 17.7. The molecule has 2 rings (SSSR count). The van der Waals surface area contributed by atoms with Crippen molar-refractivity contribution in [2.75, 3.05) is 5.32 Å². The third kappa shape index (κ3) is 4.59. The van der Waals surface area contributed by atoms with E-state index < -0.39 is 17.6 Å². The molecule has 0 radical (unpaired) electrons. The van der Waals surface area contributed by atoms with E-state index in [0.717, 1.165) is 18.2 Å². The fraction of sp³-hybridized carbons (Fsp3) is 0.412. The third-order valence-corrected chi connectivity index (χ3v) is 3.57. The van der Waals surface area contributed by atoms with Gasteiger partial charge in [-0.25, -0.2) is 4.98 Å². The van der Waals surface area contributed by atoms with E-state index in [1.165, 1.54) is 0 Å². The highest BCUT2D eigenvalue weighted by atomic mass is 19.4. The Morgan fingerprint density at radius 1 is 1.17 bits per heavy atom. The minimum absolute atomic E-state index is 0.0607. The molecule has 4 nitrogen and oxygen atoms in total. The maximum absolute atomic E-state index is 13.1. The van der Waals surface area contributed by atoms with Crippen LogP contribution in [-0.4, -0.2) is 16.1 Å². The summed E-state index contributed by atoms with van der Waals surface area (Å²) >= 11 is 0. The molecular formula is C17H20F3N3O. The van der Waals surface area contributed by atoms with Gasteiger partial charge in [0.25, 0.3) is 0 Å². The van der Waals surface area contributed by atoms with Crippen molar-refractivity contribution >= 4 is 11.6 Å². The van der Waals surface area contributed by atoms with Crippen LogP contribution in [0.1, 0.15) is 38.3 Å². The number of nitrogens with one attached hydrogen (secondary N) is 1. The molecule has 1 aromatic heterocycles. The predicted molar refractivity (Wildman–Crippen MR) is 86.5 cm³/mol. The Labute approximate surface area is 139 Å².